The van der Waals surface area contributed by atoms with Gasteiger partial charge >= 0.3 is 6.09 Å². The minimum absolute atomic E-state index is 0.174. The average Bonchev–Trinajstić information content (AvgIpc) is 2.96. The molecule has 2 aromatic rings. The molecule has 26 heavy (non-hydrogen) atoms. The molecule has 2 aliphatic heterocycles. The highest BCUT2D eigenvalue weighted by atomic mass is 16.6. The lowest BCUT2D eigenvalue weighted by molar-refractivity contribution is -0.119. The molecule has 0 aliphatic carbocycles. The summed E-state index contributed by atoms with van der Waals surface area (Å²) in [5, 5.41) is 2.68. The van der Waals surface area contributed by atoms with E-state index in [0.29, 0.717) is 11.4 Å². The van der Waals surface area contributed by atoms with Crippen molar-refractivity contribution in [3.8, 4) is 16.9 Å². The number of carbonyl (C=O) groups excluding carboxylic acids is 2. The van der Waals surface area contributed by atoms with Gasteiger partial charge in [0.1, 0.15) is 24.5 Å². The van der Waals surface area contributed by atoms with Crippen LogP contribution in [0.2, 0.25) is 0 Å². The van der Waals surface area contributed by atoms with E-state index < -0.39 is 12.2 Å². The number of cyclic esters (lactones) is 1. The Bertz CT molecular complexity index is 870. The highest BCUT2D eigenvalue weighted by Crippen LogP contribution is 2.40. The number of ether oxygens (including phenoxy) is 2. The molecule has 1 aromatic carbocycles. The van der Waals surface area contributed by atoms with E-state index in [4.69, 9.17) is 15.2 Å². The number of nitrogens with zero attached hydrogens (tertiary/aromatic N) is 3. The fourth-order valence-electron chi connectivity index (χ4n) is 3.12. The molecule has 9 nitrogen and oxygen atoms in total. The molecule has 134 valence electrons. The number of fused-ring (bicyclic) bond motifs is 3. The van der Waals surface area contributed by atoms with Crippen molar-refractivity contribution < 1.29 is 19.1 Å². The number of nitrogen functional groups attached to an aromatic ring is 1. The quantitative estimate of drug-likeness (QED) is 0.841. The van der Waals surface area contributed by atoms with Crippen molar-refractivity contribution in [3.05, 3.63) is 30.6 Å². The summed E-state index contributed by atoms with van der Waals surface area (Å²) < 4.78 is 11.3. The van der Waals surface area contributed by atoms with Crippen molar-refractivity contribution in [1.29, 1.82) is 0 Å². The molecule has 0 spiro atoms. The first-order chi connectivity index (χ1) is 12.5. The van der Waals surface area contributed by atoms with Gasteiger partial charge in [-0.3, -0.25) is 9.69 Å². The van der Waals surface area contributed by atoms with Crippen molar-refractivity contribution in [2.75, 3.05) is 23.8 Å². The van der Waals surface area contributed by atoms with Crippen LogP contribution < -0.4 is 20.7 Å². The van der Waals surface area contributed by atoms with E-state index in [1.54, 1.807) is 23.4 Å². The maximum Gasteiger partial charge on any atom is 0.415 e. The maximum absolute atomic E-state index is 12.3. The van der Waals surface area contributed by atoms with Crippen molar-refractivity contribution in [1.82, 2.24) is 15.3 Å². The summed E-state index contributed by atoms with van der Waals surface area (Å²) in [5.41, 5.74) is 7.79. The van der Waals surface area contributed by atoms with Gasteiger partial charge in [-0.15, -0.1) is 0 Å². The first-order valence-corrected chi connectivity index (χ1v) is 8.12. The van der Waals surface area contributed by atoms with Crippen LogP contribution in [0.25, 0.3) is 11.1 Å². The SMILES string of the molecule is CC(=O)NC[C@@H]1OC(=O)N2c3ccc(-c4cnc(N)nc4)cc3OC[C@@H]12. The zero-order valence-corrected chi connectivity index (χ0v) is 14.0. The smallest absolute Gasteiger partial charge is 0.415 e. The molecular formula is C17H17N5O4. The highest BCUT2D eigenvalue weighted by Gasteiger charge is 2.46. The number of nitrogens with one attached hydrogen (secondary N) is 1. The molecule has 3 heterocycles. The van der Waals surface area contributed by atoms with Crippen LogP contribution in [-0.4, -0.2) is 47.3 Å². The Hall–Kier alpha value is -3.36. The van der Waals surface area contributed by atoms with E-state index >= 15 is 0 Å². The average molecular weight is 355 g/mol. The van der Waals surface area contributed by atoms with Gasteiger partial charge in [-0.2, -0.15) is 0 Å². The number of benzene rings is 1. The molecule has 0 bridgehead atoms. The van der Waals surface area contributed by atoms with E-state index in [0.717, 1.165) is 11.1 Å². The molecule has 2 aliphatic rings. The van der Waals surface area contributed by atoms with E-state index in [2.05, 4.69) is 15.3 Å². The summed E-state index contributed by atoms with van der Waals surface area (Å²) in [7, 11) is 0. The third kappa shape index (κ3) is 2.77. The van der Waals surface area contributed by atoms with Crippen molar-refractivity contribution in [2.24, 2.45) is 0 Å². The van der Waals surface area contributed by atoms with Gasteiger partial charge in [-0.1, -0.05) is 6.07 Å². The Labute approximate surface area is 149 Å². The first kappa shape index (κ1) is 16.1. The van der Waals surface area contributed by atoms with Gasteiger partial charge in [0.15, 0.2) is 0 Å². The topological polar surface area (TPSA) is 120 Å². The summed E-state index contributed by atoms with van der Waals surface area (Å²) in [6.07, 6.45) is 2.36. The Balaban J connectivity index is 1.61. The number of hydrogen-bond acceptors (Lipinski definition) is 7. The second-order valence-corrected chi connectivity index (χ2v) is 6.12. The third-order valence-electron chi connectivity index (χ3n) is 4.40. The number of rotatable bonds is 3. The van der Waals surface area contributed by atoms with Crippen LogP contribution in [0, 0.1) is 0 Å². The molecule has 1 aromatic heterocycles. The third-order valence-corrected chi connectivity index (χ3v) is 4.40. The number of carbonyl (C=O) groups is 2. The summed E-state index contributed by atoms with van der Waals surface area (Å²) >= 11 is 0. The van der Waals surface area contributed by atoms with Crippen molar-refractivity contribution in [2.45, 2.75) is 19.1 Å². The Morgan fingerprint density at radius 1 is 1.35 bits per heavy atom. The Morgan fingerprint density at radius 2 is 2.12 bits per heavy atom. The van der Waals surface area contributed by atoms with Crippen LogP contribution in [0.3, 0.4) is 0 Å². The zero-order chi connectivity index (χ0) is 18.3. The lowest BCUT2D eigenvalue weighted by Gasteiger charge is -2.31. The maximum atomic E-state index is 12.3. The van der Waals surface area contributed by atoms with Gasteiger partial charge in [0.25, 0.3) is 0 Å². The van der Waals surface area contributed by atoms with E-state index in [1.165, 1.54) is 6.92 Å². The van der Waals surface area contributed by atoms with Gasteiger partial charge < -0.3 is 20.5 Å². The Kier molecular flexibility index (Phi) is 3.83. The van der Waals surface area contributed by atoms with Gasteiger partial charge in [0.05, 0.1) is 12.2 Å². The molecule has 4 rings (SSSR count). The first-order valence-electron chi connectivity index (χ1n) is 8.12. The molecule has 0 unspecified atom stereocenters. The van der Waals surface area contributed by atoms with Crippen LogP contribution in [-0.2, 0) is 9.53 Å². The molecule has 2 atom stereocenters. The van der Waals surface area contributed by atoms with Gasteiger partial charge in [-0.25, -0.2) is 14.8 Å². The van der Waals surface area contributed by atoms with Crippen LogP contribution in [0.4, 0.5) is 16.4 Å². The molecular weight excluding hydrogens is 338 g/mol. The normalized spacial score (nSPS) is 20.7. The molecule has 2 amide bonds. The van der Waals surface area contributed by atoms with Crippen LogP contribution >= 0.6 is 0 Å². The van der Waals surface area contributed by atoms with Crippen LogP contribution in [0.1, 0.15) is 6.92 Å². The van der Waals surface area contributed by atoms with E-state index in [-0.39, 0.29) is 31.0 Å². The Morgan fingerprint density at radius 3 is 2.85 bits per heavy atom. The van der Waals surface area contributed by atoms with Crippen molar-refractivity contribution >= 4 is 23.6 Å². The number of nitrogens with two attached hydrogens (primary N) is 1. The van der Waals surface area contributed by atoms with E-state index in [1.807, 2.05) is 12.1 Å². The minimum Gasteiger partial charge on any atom is -0.489 e. The summed E-state index contributed by atoms with van der Waals surface area (Å²) in [6.45, 7) is 1.95. The molecule has 0 saturated carbocycles. The summed E-state index contributed by atoms with van der Waals surface area (Å²) in [4.78, 5) is 33.0. The second kappa shape index (κ2) is 6.17. The zero-order valence-electron chi connectivity index (χ0n) is 14.0. The highest BCUT2D eigenvalue weighted by molar-refractivity contribution is 5.94. The number of amides is 2. The molecule has 1 fully saturated rings. The van der Waals surface area contributed by atoms with Crippen molar-refractivity contribution in [3.63, 3.8) is 0 Å². The fraction of sp³-hybridized carbons (Fsp3) is 0.294. The molecule has 3 N–H and O–H groups in total. The number of hydrogen-bond donors (Lipinski definition) is 2. The molecule has 9 heteroatoms. The predicted molar refractivity (Wildman–Crippen MR) is 92.6 cm³/mol. The summed E-state index contributed by atoms with van der Waals surface area (Å²) in [5.74, 6) is 0.607. The minimum atomic E-state index is -0.454. The standard InChI is InChI=1S/C17H17N5O4/c1-9(23)19-7-15-13-8-25-14-4-10(11-5-20-16(18)21-6-11)2-3-12(14)22(13)17(24)26-15/h2-6,13,15H,7-8H2,1H3,(H,19,23)(H2,18,20,21)/t13-,15-/m0/s1. The monoisotopic (exact) mass is 355 g/mol. The molecule has 0 radical (unpaired) electrons. The second-order valence-electron chi connectivity index (χ2n) is 6.12. The van der Waals surface area contributed by atoms with Crippen LogP contribution in [0.5, 0.6) is 5.75 Å². The predicted octanol–water partition coefficient (Wildman–Crippen LogP) is 0.948. The summed E-state index contributed by atoms with van der Waals surface area (Å²) in [6, 6.07) is 5.20. The van der Waals surface area contributed by atoms with Gasteiger partial charge in [0, 0.05) is 24.9 Å². The largest absolute Gasteiger partial charge is 0.489 e. The van der Waals surface area contributed by atoms with Crippen LogP contribution in [0.15, 0.2) is 30.6 Å². The lowest BCUT2D eigenvalue weighted by Crippen LogP contribution is -2.47. The fourth-order valence-corrected chi connectivity index (χ4v) is 3.12. The number of aromatic nitrogens is 2. The lowest BCUT2D eigenvalue weighted by atomic mass is 10.0. The van der Waals surface area contributed by atoms with Gasteiger partial charge in [0.2, 0.25) is 11.9 Å². The number of anilines is 2. The van der Waals surface area contributed by atoms with E-state index in [9.17, 15) is 9.59 Å². The van der Waals surface area contributed by atoms with Gasteiger partial charge in [-0.05, 0) is 17.7 Å². The molecule has 1 saturated heterocycles.